The van der Waals surface area contributed by atoms with Crippen LogP contribution < -0.4 is 16.2 Å². The molecule has 17 heavy (non-hydrogen) atoms. The molecule has 0 aliphatic carbocycles. The Bertz CT molecular complexity index is 470. The van der Waals surface area contributed by atoms with Crippen LogP contribution in [-0.2, 0) is 0 Å². The molecule has 88 valence electrons. The van der Waals surface area contributed by atoms with Gasteiger partial charge in [0, 0.05) is 12.2 Å². The normalized spacial score (nSPS) is 10.0. The molecule has 1 heterocycles. The van der Waals surface area contributed by atoms with Gasteiger partial charge in [0.25, 0.3) is 0 Å². The Hall–Kier alpha value is -2.07. The smallest absolute Gasteiger partial charge is 0.142 e. The van der Waals surface area contributed by atoms with Crippen LogP contribution in [0.1, 0.15) is 6.92 Å². The highest BCUT2D eigenvalue weighted by Gasteiger charge is 2.07. The van der Waals surface area contributed by atoms with E-state index in [4.69, 9.17) is 5.84 Å². The van der Waals surface area contributed by atoms with Crippen molar-refractivity contribution in [2.24, 2.45) is 5.84 Å². The minimum absolute atomic E-state index is 0.664. The zero-order valence-corrected chi connectivity index (χ0v) is 9.80. The first kappa shape index (κ1) is 11.4. The molecule has 0 fully saturated rings. The highest BCUT2D eigenvalue weighted by molar-refractivity contribution is 5.61. The summed E-state index contributed by atoms with van der Waals surface area (Å²) in [4.78, 5) is 6.55. The maximum Gasteiger partial charge on any atom is 0.142 e. The fourth-order valence-electron chi connectivity index (χ4n) is 1.74. The lowest BCUT2D eigenvalue weighted by atomic mass is 10.3. The molecule has 0 aliphatic rings. The Morgan fingerprint density at radius 3 is 2.53 bits per heavy atom. The zero-order valence-electron chi connectivity index (χ0n) is 9.80. The monoisotopic (exact) mass is 228 g/mol. The molecule has 0 bridgehead atoms. The van der Waals surface area contributed by atoms with Crippen LogP contribution in [-0.4, -0.2) is 11.5 Å². The van der Waals surface area contributed by atoms with E-state index in [2.05, 4.69) is 34.4 Å². The standard InChI is InChI=1S/C13H16N4/c1-2-17(11-7-4-3-5-8-11)13-10-6-9-12(15-13)16-14/h3-10H,2,14H2,1H3,(H,15,16). The number of nitrogens with one attached hydrogen (secondary N) is 1. The largest absolute Gasteiger partial charge is 0.327 e. The van der Waals surface area contributed by atoms with Crippen molar-refractivity contribution in [2.45, 2.75) is 6.92 Å². The van der Waals surface area contributed by atoms with E-state index in [1.165, 1.54) is 0 Å². The fraction of sp³-hybridized carbons (Fsp3) is 0.154. The lowest BCUT2D eigenvalue weighted by Gasteiger charge is -2.22. The number of anilines is 3. The molecule has 3 N–H and O–H groups in total. The van der Waals surface area contributed by atoms with Crippen molar-refractivity contribution < 1.29 is 0 Å². The molecule has 0 atom stereocenters. The number of hydrogen-bond acceptors (Lipinski definition) is 4. The summed E-state index contributed by atoms with van der Waals surface area (Å²) in [6.07, 6.45) is 0. The molecule has 2 rings (SSSR count). The van der Waals surface area contributed by atoms with E-state index in [1.54, 1.807) is 0 Å². The number of hydrogen-bond donors (Lipinski definition) is 2. The van der Waals surface area contributed by atoms with Gasteiger partial charge in [-0.2, -0.15) is 0 Å². The molecule has 0 amide bonds. The summed E-state index contributed by atoms with van der Waals surface area (Å²) >= 11 is 0. The van der Waals surface area contributed by atoms with E-state index in [0.717, 1.165) is 18.1 Å². The van der Waals surface area contributed by atoms with E-state index < -0.39 is 0 Å². The number of para-hydroxylation sites is 1. The summed E-state index contributed by atoms with van der Waals surface area (Å²) < 4.78 is 0. The highest BCUT2D eigenvalue weighted by Crippen LogP contribution is 2.23. The van der Waals surface area contributed by atoms with Crippen LogP contribution in [0, 0.1) is 0 Å². The van der Waals surface area contributed by atoms with Gasteiger partial charge in [-0.1, -0.05) is 24.3 Å². The Kier molecular flexibility index (Phi) is 3.57. The van der Waals surface area contributed by atoms with Crippen LogP contribution in [0.5, 0.6) is 0 Å². The predicted octanol–water partition coefficient (Wildman–Crippen LogP) is 2.53. The number of nitrogen functional groups attached to an aromatic ring is 1. The van der Waals surface area contributed by atoms with Crippen LogP contribution in [0.3, 0.4) is 0 Å². The topological polar surface area (TPSA) is 54.2 Å². The summed E-state index contributed by atoms with van der Waals surface area (Å²) in [7, 11) is 0. The Morgan fingerprint density at radius 2 is 1.88 bits per heavy atom. The van der Waals surface area contributed by atoms with Gasteiger partial charge in [0.2, 0.25) is 0 Å². The minimum Gasteiger partial charge on any atom is -0.327 e. The average Bonchev–Trinajstić information content (AvgIpc) is 2.41. The van der Waals surface area contributed by atoms with E-state index in [9.17, 15) is 0 Å². The number of hydrazine groups is 1. The van der Waals surface area contributed by atoms with Crippen LogP contribution in [0.15, 0.2) is 48.5 Å². The molecule has 0 saturated heterocycles. The quantitative estimate of drug-likeness (QED) is 0.623. The van der Waals surface area contributed by atoms with Crippen LogP contribution in [0.25, 0.3) is 0 Å². The van der Waals surface area contributed by atoms with E-state index in [0.29, 0.717) is 5.82 Å². The SMILES string of the molecule is CCN(c1ccccc1)c1cccc(NN)n1. The Balaban J connectivity index is 2.35. The average molecular weight is 228 g/mol. The van der Waals surface area contributed by atoms with Crippen molar-refractivity contribution in [2.75, 3.05) is 16.9 Å². The van der Waals surface area contributed by atoms with Gasteiger partial charge < -0.3 is 10.3 Å². The zero-order chi connectivity index (χ0) is 12.1. The number of nitrogens with two attached hydrogens (primary N) is 1. The molecule has 0 spiro atoms. The maximum absolute atomic E-state index is 5.37. The number of benzene rings is 1. The first-order valence-corrected chi connectivity index (χ1v) is 5.61. The second-order valence-corrected chi connectivity index (χ2v) is 3.61. The molecule has 1 aromatic carbocycles. The Labute approximate surface area is 101 Å². The van der Waals surface area contributed by atoms with E-state index in [1.807, 2.05) is 36.4 Å². The predicted molar refractivity (Wildman–Crippen MR) is 71.2 cm³/mol. The van der Waals surface area contributed by atoms with Gasteiger partial charge in [-0.15, -0.1) is 0 Å². The first-order chi connectivity index (χ1) is 8.35. The third kappa shape index (κ3) is 2.54. The fourth-order valence-corrected chi connectivity index (χ4v) is 1.74. The summed E-state index contributed by atoms with van der Waals surface area (Å²) in [6.45, 7) is 2.95. The number of aromatic nitrogens is 1. The van der Waals surface area contributed by atoms with Crippen LogP contribution in [0.4, 0.5) is 17.3 Å². The number of rotatable bonds is 4. The van der Waals surface area contributed by atoms with Crippen molar-refractivity contribution in [3.05, 3.63) is 48.5 Å². The lowest BCUT2D eigenvalue weighted by Crippen LogP contribution is -2.18. The van der Waals surface area contributed by atoms with Crippen LogP contribution in [0.2, 0.25) is 0 Å². The molecule has 2 aromatic rings. The molecule has 0 aliphatic heterocycles. The van der Waals surface area contributed by atoms with Gasteiger partial charge in [0.05, 0.1) is 0 Å². The minimum atomic E-state index is 0.664. The second kappa shape index (κ2) is 5.32. The molecular formula is C13H16N4. The molecule has 0 saturated carbocycles. The second-order valence-electron chi connectivity index (χ2n) is 3.61. The van der Waals surface area contributed by atoms with E-state index in [-0.39, 0.29) is 0 Å². The summed E-state index contributed by atoms with van der Waals surface area (Å²) in [5.41, 5.74) is 3.68. The highest BCUT2D eigenvalue weighted by atomic mass is 15.3. The van der Waals surface area contributed by atoms with Crippen LogP contribution >= 0.6 is 0 Å². The molecule has 1 aromatic heterocycles. The van der Waals surface area contributed by atoms with Gasteiger partial charge in [-0.3, -0.25) is 0 Å². The van der Waals surface area contributed by atoms with Gasteiger partial charge in [0.1, 0.15) is 11.6 Å². The van der Waals surface area contributed by atoms with Gasteiger partial charge >= 0.3 is 0 Å². The molecule has 4 heteroatoms. The number of nitrogens with zero attached hydrogens (tertiary/aromatic N) is 2. The molecule has 0 unspecified atom stereocenters. The van der Waals surface area contributed by atoms with Gasteiger partial charge in [-0.05, 0) is 31.2 Å². The van der Waals surface area contributed by atoms with Crippen molar-refractivity contribution in [1.29, 1.82) is 0 Å². The van der Waals surface area contributed by atoms with Crippen molar-refractivity contribution in [3.8, 4) is 0 Å². The summed E-state index contributed by atoms with van der Waals surface area (Å²) in [6, 6.07) is 15.9. The summed E-state index contributed by atoms with van der Waals surface area (Å²) in [5.74, 6) is 6.92. The summed E-state index contributed by atoms with van der Waals surface area (Å²) in [5, 5.41) is 0. The Morgan fingerprint density at radius 1 is 1.12 bits per heavy atom. The van der Waals surface area contributed by atoms with Crippen molar-refractivity contribution in [3.63, 3.8) is 0 Å². The van der Waals surface area contributed by atoms with Crippen molar-refractivity contribution >= 4 is 17.3 Å². The van der Waals surface area contributed by atoms with Gasteiger partial charge in [0.15, 0.2) is 0 Å². The maximum atomic E-state index is 5.37. The van der Waals surface area contributed by atoms with E-state index >= 15 is 0 Å². The molecular weight excluding hydrogens is 212 g/mol. The molecule has 0 radical (unpaired) electrons. The number of pyridine rings is 1. The van der Waals surface area contributed by atoms with Gasteiger partial charge in [-0.25, -0.2) is 10.8 Å². The molecule has 4 nitrogen and oxygen atoms in total. The lowest BCUT2D eigenvalue weighted by molar-refractivity contribution is 0.988. The van der Waals surface area contributed by atoms with Crippen molar-refractivity contribution in [1.82, 2.24) is 4.98 Å². The first-order valence-electron chi connectivity index (χ1n) is 5.61. The third-order valence-electron chi connectivity index (χ3n) is 2.54. The third-order valence-corrected chi connectivity index (χ3v) is 2.54.